The van der Waals surface area contributed by atoms with Crippen molar-refractivity contribution < 1.29 is 9.84 Å². The number of aliphatic hydroxyl groups excluding tert-OH is 1. The highest BCUT2D eigenvalue weighted by atomic mass is 16.5. The van der Waals surface area contributed by atoms with Crippen LogP contribution in [0.2, 0.25) is 0 Å². The van der Waals surface area contributed by atoms with Crippen LogP contribution in [0.3, 0.4) is 0 Å². The van der Waals surface area contributed by atoms with E-state index >= 15 is 0 Å². The van der Waals surface area contributed by atoms with Crippen LogP contribution in [0.25, 0.3) is 5.69 Å². The first-order valence-electron chi connectivity index (χ1n) is 5.69. The molecule has 1 aliphatic heterocycles. The normalized spacial score (nSPS) is 14.3. The highest BCUT2D eigenvalue weighted by Crippen LogP contribution is 2.31. The van der Waals surface area contributed by atoms with Crippen LogP contribution in [-0.2, 0) is 6.61 Å². The molecule has 3 rings (SSSR count). The van der Waals surface area contributed by atoms with Crippen molar-refractivity contribution in [1.29, 1.82) is 0 Å². The number of hydrogen-bond acceptors (Lipinski definition) is 4. The van der Waals surface area contributed by atoms with Gasteiger partial charge in [0.1, 0.15) is 12.4 Å². The van der Waals surface area contributed by atoms with E-state index in [0.29, 0.717) is 11.6 Å². The lowest BCUT2D eigenvalue weighted by molar-refractivity contribution is 0.198. The molecule has 0 amide bonds. The number of nitrogens with zero attached hydrogens (tertiary/aromatic N) is 2. The quantitative estimate of drug-likeness (QED) is 0.818. The minimum Gasteiger partial charge on any atom is -0.483 e. The third-order valence-electron chi connectivity index (χ3n) is 2.97. The van der Waals surface area contributed by atoms with Crippen molar-refractivity contribution in [3.63, 3.8) is 0 Å². The summed E-state index contributed by atoms with van der Waals surface area (Å²) in [5, 5.41) is 9.54. The fourth-order valence-corrected chi connectivity index (χ4v) is 2.01. The molecule has 0 radical (unpaired) electrons. The van der Waals surface area contributed by atoms with Gasteiger partial charge in [0.15, 0.2) is 5.82 Å². The third-order valence-corrected chi connectivity index (χ3v) is 2.97. The van der Waals surface area contributed by atoms with Crippen molar-refractivity contribution in [3.8, 4) is 11.4 Å². The SMILES string of the molecule is CC(O)c1ccc2c(c1)OCc1nc(=O)ccn1-2. The van der Waals surface area contributed by atoms with Gasteiger partial charge < -0.3 is 9.84 Å². The Kier molecular flexibility index (Phi) is 2.41. The van der Waals surface area contributed by atoms with E-state index < -0.39 is 6.10 Å². The van der Waals surface area contributed by atoms with Gasteiger partial charge >= 0.3 is 0 Å². The Morgan fingerprint density at radius 3 is 3.06 bits per heavy atom. The van der Waals surface area contributed by atoms with E-state index in [0.717, 1.165) is 11.3 Å². The van der Waals surface area contributed by atoms with Crippen LogP contribution in [0.5, 0.6) is 5.75 Å². The van der Waals surface area contributed by atoms with Crippen molar-refractivity contribution in [2.75, 3.05) is 0 Å². The lowest BCUT2D eigenvalue weighted by Crippen LogP contribution is -2.21. The molecule has 1 aromatic heterocycles. The molecule has 1 aliphatic rings. The lowest BCUT2D eigenvalue weighted by atomic mass is 10.1. The number of ether oxygens (including phenoxy) is 1. The molecule has 0 aliphatic carbocycles. The van der Waals surface area contributed by atoms with Gasteiger partial charge in [-0.1, -0.05) is 6.07 Å². The maximum atomic E-state index is 11.2. The number of hydrogen-bond donors (Lipinski definition) is 1. The first kappa shape index (κ1) is 11.0. The minimum absolute atomic E-state index is 0.256. The molecule has 5 nitrogen and oxygen atoms in total. The first-order valence-corrected chi connectivity index (χ1v) is 5.69. The number of fused-ring (bicyclic) bond motifs is 3. The second kappa shape index (κ2) is 3.96. The monoisotopic (exact) mass is 244 g/mol. The van der Waals surface area contributed by atoms with Crippen molar-refractivity contribution in [2.45, 2.75) is 19.6 Å². The molecule has 18 heavy (non-hydrogen) atoms. The number of aromatic nitrogens is 2. The van der Waals surface area contributed by atoms with Crippen LogP contribution in [0, 0.1) is 0 Å². The van der Waals surface area contributed by atoms with E-state index in [9.17, 15) is 9.90 Å². The maximum absolute atomic E-state index is 11.2. The Morgan fingerprint density at radius 1 is 1.44 bits per heavy atom. The Balaban J connectivity index is 2.16. The van der Waals surface area contributed by atoms with E-state index in [4.69, 9.17) is 4.74 Å². The van der Waals surface area contributed by atoms with Crippen LogP contribution < -0.4 is 10.3 Å². The van der Waals surface area contributed by atoms with Crippen molar-refractivity contribution in [1.82, 2.24) is 9.55 Å². The van der Waals surface area contributed by atoms with E-state index in [1.54, 1.807) is 19.2 Å². The summed E-state index contributed by atoms with van der Waals surface area (Å²) < 4.78 is 7.39. The largest absolute Gasteiger partial charge is 0.483 e. The van der Waals surface area contributed by atoms with Gasteiger partial charge in [-0.05, 0) is 24.6 Å². The minimum atomic E-state index is -0.535. The summed E-state index contributed by atoms with van der Waals surface area (Å²) in [5.74, 6) is 1.27. The molecule has 1 aromatic carbocycles. The van der Waals surface area contributed by atoms with Gasteiger partial charge in [-0.2, -0.15) is 4.98 Å². The van der Waals surface area contributed by atoms with Crippen molar-refractivity contribution in [2.24, 2.45) is 0 Å². The van der Waals surface area contributed by atoms with E-state index in [1.807, 2.05) is 16.7 Å². The van der Waals surface area contributed by atoms with Crippen LogP contribution in [0.1, 0.15) is 24.4 Å². The highest BCUT2D eigenvalue weighted by Gasteiger charge is 2.18. The Morgan fingerprint density at radius 2 is 2.28 bits per heavy atom. The first-order chi connectivity index (χ1) is 8.65. The molecule has 0 saturated heterocycles. The van der Waals surface area contributed by atoms with Gasteiger partial charge in [0, 0.05) is 12.3 Å². The summed E-state index contributed by atoms with van der Waals surface area (Å²) >= 11 is 0. The van der Waals surface area contributed by atoms with Gasteiger partial charge in [-0.25, -0.2) is 0 Å². The summed E-state index contributed by atoms with van der Waals surface area (Å²) in [4.78, 5) is 15.1. The Hall–Kier alpha value is -2.14. The number of benzene rings is 1. The molecule has 92 valence electrons. The van der Waals surface area contributed by atoms with Gasteiger partial charge in [-0.3, -0.25) is 9.36 Å². The molecule has 1 N–H and O–H groups in total. The maximum Gasteiger partial charge on any atom is 0.272 e. The zero-order valence-corrected chi connectivity index (χ0v) is 9.83. The Bertz CT molecular complexity index is 662. The van der Waals surface area contributed by atoms with Crippen LogP contribution in [-0.4, -0.2) is 14.7 Å². The van der Waals surface area contributed by atoms with Gasteiger partial charge in [0.05, 0.1) is 11.8 Å². The molecule has 0 bridgehead atoms. The summed E-state index contributed by atoms with van der Waals surface area (Å²) in [5.41, 5.74) is 1.35. The predicted octanol–water partition coefficient (Wildman–Crippen LogP) is 1.18. The summed E-state index contributed by atoms with van der Waals surface area (Å²) in [6.45, 7) is 1.96. The standard InChI is InChI=1S/C13H12N2O3/c1-8(16)9-2-3-10-11(6-9)18-7-12-14-13(17)4-5-15(10)12/h2-6,8,16H,7H2,1H3. The highest BCUT2D eigenvalue weighted by molar-refractivity contribution is 5.51. The molecule has 2 aromatic rings. The fourth-order valence-electron chi connectivity index (χ4n) is 2.01. The zero-order chi connectivity index (χ0) is 12.7. The van der Waals surface area contributed by atoms with E-state index in [-0.39, 0.29) is 12.2 Å². The molecule has 0 fully saturated rings. The second-order valence-corrected chi connectivity index (χ2v) is 4.24. The molecule has 5 heteroatoms. The zero-order valence-electron chi connectivity index (χ0n) is 9.83. The molecule has 0 spiro atoms. The Labute approximate surface area is 103 Å². The fraction of sp³-hybridized carbons (Fsp3) is 0.231. The van der Waals surface area contributed by atoms with Gasteiger partial charge in [0.2, 0.25) is 0 Å². The average molecular weight is 244 g/mol. The van der Waals surface area contributed by atoms with Gasteiger partial charge in [-0.15, -0.1) is 0 Å². The van der Waals surface area contributed by atoms with Crippen molar-refractivity contribution >= 4 is 0 Å². The summed E-state index contributed by atoms with van der Waals surface area (Å²) in [6, 6.07) is 6.91. The topological polar surface area (TPSA) is 64.3 Å². The summed E-state index contributed by atoms with van der Waals surface area (Å²) in [7, 11) is 0. The van der Waals surface area contributed by atoms with E-state index in [1.165, 1.54) is 6.07 Å². The number of rotatable bonds is 1. The summed E-state index contributed by atoms with van der Waals surface area (Å²) in [6.07, 6.45) is 1.15. The molecule has 0 saturated carbocycles. The average Bonchev–Trinajstić information content (AvgIpc) is 2.37. The predicted molar refractivity (Wildman–Crippen MR) is 64.8 cm³/mol. The molecular weight excluding hydrogens is 232 g/mol. The van der Waals surface area contributed by atoms with Crippen LogP contribution in [0.4, 0.5) is 0 Å². The number of aliphatic hydroxyl groups is 1. The molecule has 2 heterocycles. The smallest absolute Gasteiger partial charge is 0.272 e. The molecule has 1 unspecified atom stereocenters. The second-order valence-electron chi connectivity index (χ2n) is 4.24. The molecular formula is C13H12N2O3. The lowest BCUT2D eigenvalue weighted by Gasteiger charge is -2.22. The molecule has 1 atom stereocenters. The van der Waals surface area contributed by atoms with Crippen molar-refractivity contribution in [3.05, 3.63) is 52.2 Å². The van der Waals surface area contributed by atoms with Crippen LogP contribution >= 0.6 is 0 Å². The van der Waals surface area contributed by atoms with Crippen LogP contribution in [0.15, 0.2) is 35.3 Å². The third kappa shape index (κ3) is 1.69. The van der Waals surface area contributed by atoms with Gasteiger partial charge in [0.25, 0.3) is 5.56 Å². The van der Waals surface area contributed by atoms with E-state index in [2.05, 4.69) is 4.98 Å².